The predicted molar refractivity (Wildman–Crippen MR) is 82.3 cm³/mol. The van der Waals surface area contributed by atoms with Gasteiger partial charge in [-0.15, -0.1) is 11.3 Å². The normalized spacial score (nSPS) is 21.5. The molecule has 0 aliphatic carbocycles. The number of amides is 1. The number of β-amino-alcohol motifs (C(OH)–C–C–N with tert-alkyl or cyclic N) is 1. The Balaban J connectivity index is 2.20. The number of aliphatic hydroxyl groups excluding tert-OH is 2. The Morgan fingerprint density at radius 3 is 3.00 bits per heavy atom. The van der Waals surface area contributed by atoms with Crippen LogP contribution in [0.5, 0.6) is 0 Å². The summed E-state index contributed by atoms with van der Waals surface area (Å²) in [5, 5.41) is 20.5. The van der Waals surface area contributed by atoms with Crippen LogP contribution in [-0.2, 0) is 0 Å². The summed E-state index contributed by atoms with van der Waals surface area (Å²) in [6, 6.07) is 1.80. The molecule has 1 aliphatic heterocycles. The number of likely N-dealkylation sites (N-methyl/N-ethyl adjacent to an activating group) is 1. The molecule has 1 saturated heterocycles. The van der Waals surface area contributed by atoms with E-state index in [0.717, 1.165) is 6.54 Å². The fourth-order valence-corrected chi connectivity index (χ4v) is 3.38. The summed E-state index contributed by atoms with van der Waals surface area (Å²) < 4.78 is 0. The first-order valence-corrected chi connectivity index (χ1v) is 7.72. The van der Waals surface area contributed by atoms with Crippen molar-refractivity contribution in [3.8, 4) is 11.8 Å². The second-order valence-electron chi connectivity index (χ2n) is 5.39. The lowest BCUT2D eigenvalue weighted by Crippen LogP contribution is -2.41. The van der Waals surface area contributed by atoms with Crippen molar-refractivity contribution in [1.29, 1.82) is 0 Å². The zero-order chi connectivity index (χ0) is 15.4. The first-order valence-electron chi connectivity index (χ1n) is 6.84. The number of nitrogens with zero attached hydrogens (tertiary/aromatic N) is 2. The Morgan fingerprint density at radius 1 is 1.57 bits per heavy atom. The summed E-state index contributed by atoms with van der Waals surface area (Å²) >= 11 is 1.35. The minimum Gasteiger partial charge on any atom is -0.391 e. The van der Waals surface area contributed by atoms with Gasteiger partial charge >= 0.3 is 0 Å². The molecule has 2 heterocycles. The number of carbonyl (C=O) groups excluding carboxylic acids is 1. The van der Waals surface area contributed by atoms with Gasteiger partial charge in [-0.25, -0.2) is 0 Å². The monoisotopic (exact) mass is 308 g/mol. The Morgan fingerprint density at radius 2 is 2.33 bits per heavy atom. The Bertz CT molecular complexity index is 559. The number of aliphatic hydroxyl groups is 2. The molecule has 0 radical (unpaired) electrons. The van der Waals surface area contributed by atoms with Crippen molar-refractivity contribution in [2.45, 2.75) is 18.6 Å². The standard InChI is InChI=1S/C15H20N2O3S/c1-16(2)9-12-8-13(19)10-17(12)15(20)14-11(4-3-6-18)5-7-21-14/h5,7,12-13,18-19H,6,8-10H2,1-2H3. The lowest BCUT2D eigenvalue weighted by atomic mass is 10.2. The molecule has 1 amide bonds. The van der Waals surface area contributed by atoms with E-state index in [4.69, 9.17) is 5.11 Å². The molecule has 1 aromatic heterocycles. The Hall–Kier alpha value is -1.39. The van der Waals surface area contributed by atoms with Crippen LogP contribution in [-0.4, -0.2) is 71.9 Å². The number of likely N-dealkylation sites (tertiary alicyclic amines) is 1. The van der Waals surface area contributed by atoms with Gasteiger partial charge in [0.1, 0.15) is 11.5 Å². The predicted octanol–water partition coefficient (Wildman–Crippen LogP) is 0.229. The van der Waals surface area contributed by atoms with Gasteiger partial charge in [-0.1, -0.05) is 11.8 Å². The first kappa shape index (κ1) is 16.0. The SMILES string of the molecule is CN(C)CC1CC(O)CN1C(=O)c1sccc1C#CCO. The number of hydrogen-bond acceptors (Lipinski definition) is 5. The van der Waals surface area contributed by atoms with Gasteiger partial charge in [0.15, 0.2) is 0 Å². The summed E-state index contributed by atoms with van der Waals surface area (Å²) in [4.78, 5) is 17.0. The molecule has 0 saturated carbocycles. The van der Waals surface area contributed by atoms with Crippen molar-refractivity contribution in [3.63, 3.8) is 0 Å². The third-order valence-corrected chi connectivity index (χ3v) is 4.29. The van der Waals surface area contributed by atoms with Crippen molar-refractivity contribution >= 4 is 17.2 Å². The molecule has 2 rings (SSSR count). The fourth-order valence-electron chi connectivity index (χ4n) is 2.57. The highest BCUT2D eigenvalue weighted by molar-refractivity contribution is 7.12. The van der Waals surface area contributed by atoms with E-state index in [1.165, 1.54) is 11.3 Å². The van der Waals surface area contributed by atoms with Crippen LogP contribution in [0.1, 0.15) is 21.7 Å². The Labute approximate surface area is 128 Å². The molecule has 114 valence electrons. The summed E-state index contributed by atoms with van der Waals surface area (Å²) in [5.74, 6) is 5.29. The second kappa shape index (κ2) is 7.05. The van der Waals surface area contributed by atoms with Crippen molar-refractivity contribution in [3.05, 3.63) is 21.9 Å². The largest absolute Gasteiger partial charge is 0.391 e. The van der Waals surface area contributed by atoms with Crippen LogP contribution in [0.15, 0.2) is 11.4 Å². The first-order chi connectivity index (χ1) is 10.0. The molecule has 0 bridgehead atoms. The van der Waals surface area contributed by atoms with Crippen LogP contribution in [0.2, 0.25) is 0 Å². The molecule has 1 fully saturated rings. The third-order valence-electron chi connectivity index (χ3n) is 3.39. The zero-order valence-corrected chi connectivity index (χ0v) is 13.1. The van der Waals surface area contributed by atoms with E-state index < -0.39 is 6.10 Å². The molecule has 2 unspecified atom stereocenters. The van der Waals surface area contributed by atoms with Crippen molar-refractivity contribution in [1.82, 2.24) is 9.80 Å². The van der Waals surface area contributed by atoms with E-state index in [1.54, 1.807) is 11.0 Å². The summed E-state index contributed by atoms with van der Waals surface area (Å²) in [6.07, 6.45) is 0.137. The minimum absolute atomic E-state index is 0.0169. The van der Waals surface area contributed by atoms with Gasteiger partial charge in [-0.3, -0.25) is 4.79 Å². The maximum absolute atomic E-state index is 12.7. The van der Waals surface area contributed by atoms with E-state index in [-0.39, 0.29) is 18.6 Å². The van der Waals surface area contributed by atoms with Crippen LogP contribution < -0.4 is 0 Å². The van der Waals surface area contributed by atoms with Gasteiger partial charge in [0.2, 0.25) is 0 Å². The fraction of sp³-hybridized carbons (Fsp3) is 0.533. The number of carbonyl (C=O) groups is 1. The average Bonchev–Trinajstić information content (AvgIpc) is 3.01. The zero-order valence-electron chi connectivity index (χ0n) is 12.2. The molecule has 21 heavy (non-hydrogen) atoms. The number of thiophene rings is 1. The second-order valence-corrected chi connectivity index (χ2v) is 6.30. The van der Waals surface area contributed by atoms with Gasteiger partial charge in [-0.05, 0) is 32.0 Å². The smallest absolute Gasteiger partial charge is 0.265 e. The van der Waals surface area contributed by atoms with Gasteiger partial charge in [0.25, 0.3) is 5.91 Å². The van der Waals surface area contributed by atoms with Crippen LogP contribution in [0, 0.1) is 11.8 Å². The molecule has 0 spiro atoms. The van der Waals surface area contributed by atoms with E-state index >= 15 is 0 Å². The van der Waals surface area contributed by atoms with Crippen LogP contribution >= 0.6 is 11.3 Å². The lowest BCUT2D eigenvalue weighted by molar-refractivity contribution is 0.0704. The van der Waals surface area contributed by atoms with E-state index in [1.807, 2.05) is 24.4 Å². The maximum atomic E-state index is 12.7. The van der Waals surface area contributed by atoms with Crippen molar-refractivity contribution in [2.24, 2.45) is 0 Å². The maximum Gasteiger partial charge on any atom is 0.265 e. The minimum atomic E-state index is -0.467. The quantitative estimate of drug-likeness (QED) is 0.785. The summed E-state index contributed by atoms with van der Waals surface area (Å²) in [6.45, 7) is 0.864. The lowest BCUT2D eigenvalue weighted by Gasteiger charge is -2.26. The van der Waals surface area contributed by atoms with Gasteiger partial charge in [0.05, 0.1) is 6.10 Å². The highest BCUT2D eigenvalue weighted by Gasteiger charge is 2.35. The molecule has 1 aliphatic rings. The average molecular weight is 308 g/mol. The molecule has 0 aromatic carbocycles. The van der Waals surface area contributed by atoms with E-state index in [2.05, 4.69) is 11.8 Å². The highest BCUT2D eigenvalue weighted by atomic mass is 32.1. The summed E-state index contributed by atoms with van der Waals surface area (Å²) in [7, 11) is 3.91. The van der Waals surface area contributed by atoms with Crippen molar-refractivity contribution in [2.75, 3.05) is 33.8 Å². The molecular formula is C15H20N2O3S. The summed E-state index contributed by atoms with van der Waals surface area (Å²) in [5.41, 5.74) is 0.643. The van der Waals surface area contributed by atoms with E-state index in [9.17, 15) is 9.90 Å². The Kier molecular flexibility index (Phi) is 5.37. The molecular weight excluding hydrogens is 288 g/mol. The van der Waals surface area contributed by atoms with Gasteiger partial charge in [-0.2, -0.15) is 0 Å². The molecule has 2 N–H and O–H groups in total. The van der Waals surface area contributed by atoms with Gasteiger partial charge in [0, 0.05) is 24.7 Å². The van der Waals surface area contributed by atoms with Crippen molar-refractivity contribution < 1.29 is 15.0 Å². The number of rotatable bonds is 3. The third kappa shape index (κ3) is 3.83. The molecule has 5 nitrogen and oxygen atoms in total. The molecule has 6 heteroatoms. The molecule has 2 atom stereocenters. The van der Waals surface area contributed by atoms with Crippen LogP contribution in [0.3, 0.4) is 0 Å². The van der Waals surface area contributed by atoms with Gasteiger partial charge < -0.3 is 20.0 Å². The topological polar surface area (TPSA) is 64.0 Å². The number of hydrogen-bond donors (Lipinski definition) is 2. The van der Waals surface area contributed by atoms with E-state index in [0.29, 0.717) is 23.4 Å². The van der Waals surface area contributed by atoms with Crippen LogP contribution in [0.25, 0.3) is 0 Å². The molecule has 1 aromatic rings. The van der Waals surface area contributed by atoms with Crippen LogP contribution in [0.4, 0.5) is 0 Å². The highest BCUT2D eigenvalue weighted by Crippen LogP contribution is 2.25.